The molecule has 0 aromatic carbocycles. The molecule has 0 spiro atoms. The Morgan fingerprint density at radius 3 is 2.33 bits per heavy atom. The van der Waals surface area contributed by atoms with Crippen LogP contribution in [0.5, 0.6) is 0 Å². The number of nitrogens with zero attached hydrogens (tertiary/aromatic N) is 3. The average molecular weight is 240 g/mol. The van der Waals surface area contributed by atoms with Crippen LogP contribution >= 0.6 is 11.6 Å². The Labute approximate surface area is 117 Å². The molecule has 0 bridgehead atoms. The standard InChI is InChI=1S/C8H14ClN5.Na.H/c1-4-10-7-12-6(9)13-8(14-7)11-5(2)3;;/h5H,4H2,1-3H3,(H2,10,11,12,13,14);;. The summed E-state index contributed by atoms with van der Waals surface area (Å²) in [4.78, 5) is 12.0. The van der Waals surface area contributed by atoms with Gasteiger partial charge < -0.3 is 10.6 Å². The van der Waals surface area contributed by atoms with Crippen LogP contribution in [0.1, 0.15) is 20.8 Å². The normalized spacial score (nSPS) is 9.67. The second-order valence-electron chi connectivity index (χ2n) is 3.08. The summed E-state index contributed by atoms with van der Waals surface area (Å²) >= 11 is 5.73. The van der Waals surface area contributed by atoms with Gasteiger partial charge in [0.2, 0.25) is 17.2 Å². The Morgan fingerprint density at radius 1 is 1.20 bits per heavy atom. The number of anilines is 2. The van der Waals surface area contributed by atoms with Gasteiger partial charge in [0.1, 0.15) is 0 Å². The first-order valence-electron chi connectivity index (χ1n) is 4.53. The molecular weight excluding hydrogens is 225 g/mol. The van der Waals surface area contributed by atoms with Crippen LogP contribution in [0.15, 0.2) is 0 Å². The molecule has 0 saturated carbocycles. The van der Waals surface area contributed by atoms with Gasteiger partial charge in [-0.3, -0.25) is 0 Å². The first-order valence-corrected chi connectivity index (χ1v) is 4.91. The predicted molar refractivity (Wildman–Crippen MR) is 64.9 cm³/mol. The summed E-state index contributed by atoms with van der Waals surface area (Å²) in [7, 11) is 0. The van der Waals surface area contributed by atoms with E-state index >= 15 is 0 Å². The molecule has 1 aromatic heterocycles. The van der Waals surface area contributed by atoms with Gasteiger partial charge in [0.15, 0.2) is 0 Å². The van der Waals surface area contributed by atoms with Gasteiger partial charge >= 0.3 is 29.6 Å². The van der Waals surface area contributed by atoms with Crippen molar-refractivity contribution in [2.75, 3.05) is 17.2 Å². The van der Waals surface area contributed by atoms with Crippen molar-refractivity contribution in [2.45, 2.75) is 26.8 Å². The average Bonchev–Trinajstić information content (AvgIpc) is 2.01. The van der Waals surface area contributed by atoms with Gasteiger partial charge in [0, 0.05) is 12.6 Å². The fourth-order valence-corrected chi connectivity index (χ4v) is 1.07. The molecule has 7 heteroatoms. The predicted octanol–water partition coefficient (Wildman–Crippen LogP) is 1.13. The van der Waals surface area contributed by atoms with Crippen LogP contribution in [0.25, 0.3) is 0 Å². The summed E-state index contributed by atoms with van der Waals surface area (Å²) in [5.41, 5.74) is 0. The van der Waals surface area contributed by atoms with Crippen molar-refractivity contribution in [3.63, 3.8) is 0 Å². The summed E-state index contributed by atoms with van der Waals surface area (Å²) in [6.45, 7) is 6.73. The van der Waals surface area contributed by atoms with Crippen LogP contribution in [0.2, 0.25) is 5.28 Å². The Bertz CT molecular complexity index is 307. The van der Waals surface area contributed by atoms with Gasteiger partial charge in [-0.25, -0.2) is 0 Å². The summed E-state index contributed by atoms with van der Waals surface area (Å²) < 4.78 is 0. The number of halogens is 1. The molecule has 2 N–H and O–H groups in total. The minimum atomic E-state index is 0. The van der Waals surface area contributed by atoms with Crippen molar-refractivity contribution < 1.29 is 0 Å². The topological polar surface area (TPSA) is 62.7 Å². The molecule has 0 fully saturated rings. The molecule has 0 atom stereocenters. The van der Waals surface area contributed by atoms with Gasteiger partial charge in [0.05, 0.1) is 0 Å². The van der Waals surface area contributed by atoms with Crippen molar-refractivity contribution in [1.82, 2.24) is 15.0 Å². The van der Waals surface area contributed by atoms with Gasteiger partial charge in [-0.1, -0.05) is 0 Å². The van der Waals surface area contributed by atoms with E-state index < -0.39 is 0 Å². The van der Waals surface area contributed by atoms with E-state index in [0.29, 0.717) is 11.9 Å². The van der Waals surface area contributed by atoms with E-state index in [4.69, 9.17) is 11.6 Å². The third kappa shape index (κ3) is 5.51. The summed E-state index contributed by atoms with van der Waals surface area (Å²) in [6, 6.07) is 0.267. The van der Waals surface area contributed by atoms with Crippen LogP contribution in [0.3, 0.4) is 0 Å². The number of hydrogen-bond acceptors (Lipinski definition) is 5. The first-order chi connectivity index (χ1) is 6.61. The summed E-state index contributed by atoms with van der Waals surface area (Å²) in [5.74, 6) is 0.992. The van der Waals surface area contributed by atoms with Crippen molar-refractivity contribution in [3.8, 4) is 0 Å². The van der Waals surface area contributed by atoms with E-state index in [-0.39, 0.29) is 40.9 Å². The van der Waals surface area contributed by atoms with Gasteiger partial charge in [0.25, 0.3) is 0 Å². The maximum absolute atomic E-state index is 5.73. The fraction of sp³-hybridized carbons (Fsp3) is 0.625. The van der Waals surface area contributed by atoms with E-state index in [2.05, 4.69) is 25.6 Å². The van der Waals surface area contributed by atoms with E-state index in [1.54, 1.807) is 0 Å². The second kappa shape index (κ2) is 7.22. The van der Waals surface area contributed by atoms with Gasteiger partial charge in [-0.05, 0) is 32.4 Å². The van der Waals surface area contributed by atoms with E-state index in [9.17, 15) is 0 Å². The van der Waals surface area contributed by atoms with Crippen LogP contribution in [0, 0.1) is 0 Å². The quantitative estimate of drug-likeness (QED) is 0.772. The molecule has 0 unspecified atom stereocenters. The minimum absolute atomic E-state index is 0. The van der Waals surface area contributed by atoms with Crippen molar-refractivity contribution in [2.24, 2.45) is 0 Å². The molecule has 0 saturated heterocycles. The zero-order valence-corrected chi connectivity index (χ0v) is 9.26. The first kappa shape index (κ1) is 14.9. The van der Waals surface area contributed by atoms with Crippen LogP contribution in [0.4, 0.5) is 11.9 Å². The van der Waals surface area contributed by atoms with Gasteiger partial charge in [-0.2, -0.15) is 15.0 Å². The molecule has 1 heterocycles. The fourth-order valence-electron chi connectivity index (χ4n) is 0.910. The van der Waals surface area contributed by atoms with Crippen molar-refractivity contribution >= 4 is 53.1 Å². The Morgan fingerprint density at radius 2 is 1.80 bits per heavy atom. The molecule has 5 nitrogen and oxygen atoms in total. The molecule has 1 aromatic rings. The number of hydrogen-bond donors (Lipinski definition) is 2. The summed E-state index contributed by atoms with van der Waals surface area (Å²) in [5, 5.41) is 6.23. The second-order valence-corrected chi connectivity index (χ2v) is 3.42. The Hall–Kier alpha value is -0.100. The SMILES string of the molecule is CCNc1nc(Cl)nc(NC(C)C)n1.[NaH]. The molecule has 0 radical (unpaired) electrons. The van der Waals surface area contributed by atoms with Gasteiger partial charge in [-0.15, -0.1) is 0 Å². The monoisotopic (exact) mass is 239 g/mol. The molecule has 0 amide bonds. The Balaban J connectivity index is 0.00000196. The van der Waals surface area contributed by atoms with E-state index in [1.165, 1.54) is 0 Å². The van der Waals surface area contributed by atoms with Crippen molar-refractivity contribution in [1.29, 1.82) is 0 Å². The zero-order valence-electron chi connectivity index (χ0n) is 8.50. The molecule has 80 valence electrons. The number of rotatable bonds is 4. The van der Waals surface area contributed by atoms with Crippen LogP contribution in [-0.2, 0) is 0 Å². The number of nitrogens with one attached hydrogen (secondary N) is 2. The third-order valence-corrected chi connectivity index (χ3v) is 1.53. The molecular formula is C8H15ClN5Na. The molecule has 0 aliphatic rings. The molecule has 1 rings (SSSR count). The summed E-state index contributed by atoms with van der Waals surface area (Å²) in [6.07, 6.45) is 0. The number of aromatic nitrogens is 3. The molecule has 0 aliphatic carbocycles. The maximum atomic E-state index is 5.73. The Kier molecular flexibility index (Phi) is 7.17. The molecule has 0 aliphatic heterocycles. The zero-order chi connectivity index (χ0) is 10.6. The third-order valence-electron chi connectivity index (χ3n) is 1.36. The van der Waals surface area contributed by atoms with Crippen LogP contribution < -0.4 is 10.6 Å². The van der Waals surface area contributed by atoms with E-state index in [1.807, 2.05) is 20.8 Å². The van der Waals surface area contributed by atoms with Crippen molar-refractivity contribution in [3.05, 3.63) is 5.28 Å². The van der Waals surface area contributed by atoms with Crippen LogP contribution in [-0.4, -0.2) is 57.1 Å². The molecule has 15 heavy (non-hydrogen) atoms. The van der Waals surface area contributed by atoms with E-state index in [0.717, 1.165) is 6.54 Å².